The topological polar surface area (TPSA) is 90.5 Å². The number of halogens is 1. The molecule has 1 amide bonds. The zero-order chi connectivity index (χ0) is 17.3. The van der Waals surface area contributed by atoms with E-state index in [0.29, 0.717) is 6.54 Å². The van der Waals surface area contributed by atoms with Crippen molar-refractivity contribution >= 4 is 28.3 Å². The molecule has 0 aromatic heterocycles. The first kappa shape index (κ1) is 21.9. The predicted octanol–water partition coefficient (Wildman–Crippen LogP) is 0.188. The van der Waals surface area contributed by atoms with Gasteiger partial charge in [0.05, 0.1) is 4.90 Å². The van der Waals surface area contributed by atoms with Gasteiger partial charge in [-0.25, -0.2) is 13.1 Å². The van der Waals surface area contributed by atoms with Crippen molar-refractivity contribution in [2.75, 3.05) is 45.8 Å². The second kappa shape index (κ2) is 11.4. The summed E-state index contributed by atoms with van der Waals surface area (Å²) >= 11 is 0. The van der Waals surface area contributed by atoms with E-state index in [1.807, 2.05) is 0 Å². The van der Waals surface area contributed by atoms with E-state index in [9.17, 15) is 13.2 Å². The standard InChI is InChI=1S/C16H26N4O3S.ClH/c21-16(18-8-4-12-20-13-10-17-11-14-20)7-9-19-24(22,23)15-5-2-1-3-6-15;/h1-3,5-6,17,19H,4,7-14H2,(H,18,21);1H. The van der Waals surface area contributed by atoms with Crippen LogP contribution in [0.2, 0.25) is 0 Å². The Morgan fingerprint density at radius 2 is 1.80 bits per heavy atom. The monoisotopic (exact) mass is 390 g/mol. The predicted molar refractivity (Wildman–Crippen MR) is 100 cm³/mol. The minimum atomic E-state index is -3.54. The van der Waals surface area contributed by atoms with E-state index in [0.717, 1.165) is 39.1 Å². The molecular weight excluding hydrogens is 364 g/mol. The molecule has 1 saturated heterocycles. The number of rotatable bonds is 9. The van der Waals surface area contributed by atoms with Crippen LogP contribution in [-0.4, -0.2) is 65.0 Å². The molecule has 1 aliphatic rings. The molecular formula is C16H27ClN4O3S. The lowest BCUT2D eigenvalue weighted by molar-refractivity contribution is -0.120. The lowest BCUT2D eigenvalue weighted by Gasteiger charge is -2.27. The molecule has 9 heteroatoms. The number of sulfonamides is 1. The summed E-state index contributed by atoms with van der Waals surface area (Å²) in [4.78, 5) is 14.3. The zero-order valence-electron chi connectivity index (χ0n) is 14.2. The summed E-state index contributed by atoms with van der Waals surface area (Å²) in [7, 11) is -3.54. The summed E-state index contributed by atoms with van der Waals surface area (Å²) in [6.07, 6.45) is 1.04. The third kappa shape index (κ3) is 8.15. The molecule has 1 heterocycles. The molecule has 2 rings (SSSR count). The average Bonchev–Trinajstić information content (AvgIpc) is 2.60. The zero-order valence-corrected chi connectivity index (χ0v) is 15.9. The average molecular weight is 391 g/mol. The van der Waals surface area contributed by atoms with Gasteiger partial charge in [0.15, 0.2) is 0 Å². The molecule has 0 unspecified atom stereocenters. The van der Waals surface area contributed by atoms with E-state index in [-0.39, 0.29) is 36.2 Å². The molecule has 1 fully saturated rings. The summed E-state index contributed by atoms with van der Waals surface area (Å²) in [6.45, 7) is 5.84. The molecule has 0 radical (unpaired) electrons. The van der Waals surface area contributed by atoms with Gasteiger partial charge in [-0.15, -0.1) is 12.4 Å². The number of nitrogens with one attached hydrogen (secondary N) is 3. The smallest absolute Gasteiger partial charge is 0.240 e. The fourth-order valence-electron chi connectivity index (χ4n) is 2.54. The van der Waals surface area contributed by atoms with E-state index < -0.39 is 10.0 Å². The normalized spacial score (nSPS) is 15.4. The Hall–Kier alpha value is -1.19. The van der Waals surface area contributed by atoms with Crippen LogP contribution >= 0.6 is 12.4 Å². The number of carbonyl (C=O) groups excluding carboxylic acids is 1. The lowest BCUT2D eigenvalue weighted by Crippen LogP contribution is -2.44. The van der Waals surface area contributed by atoms with Gasteiger partial charge in [-0.3, -0.25) is 4.79 Å². The van der Waals surface area contributed by atoms with Gasteiger partial charge in [0, 0.05) is 45.7 Å². The van der Waals surface area contributed by atoms with Crippen molar-refractivity contribution in [1.82, 2.24) is 20.3 Å². The molecule has 0 atom stereocenters. The molecule has 0 saturated carbocycles. The van der Waals surface area contributed by atoms with Crippen LogP contribution in [0.4, 0.5) is 0 Å². The number of hydrogen-bond acceptors (Lipinski definition) is 5. The molecule has 0 spiro atoms. The van der Waals surface area contributed by atoms with Gasteiger partial charge in [0.25, 0.3) is 0 Å². The highest BCUT2D eigenvalue weighted by molar-refractivity contribution is 7.89. The van der Waals surface area contributed by atoms with E-state index >= 15 is 0 Å². The van der Waals surface area contributed by atoms with Crippen LogP contribution in [0, 0.1) is 0 Å². The minimum absolute atomic E-state index is 0. The molecule has 3 N–H and O–H groups in total. The van der Waals surface area contributed by atoms with Gasteiger partial charge in [-0.05, 0) is 25.1 Å². The number of benzene rings is 1. The molecule has 0 aliphatic carbocycles. The Balaban J connectivity index is 0.00000312. The van der Waals surface area contributed by atoms with Crippen molar-refractivity contribution in [1.29, 1.82) is 0 Å². The largest absolute Gasteiger partial charge is 0.356 e. The van der Waals surface area contributed by atoms with Crippen LogP contribution in [0.1, 0.15) is 12.8 Å². The van der Waals surface area contributed by atoms with Crippen LogP contribution in [0.5, 0.6) is 0 Å². The highest BCUT2D eigenvalue weighted by Crippen LogP contribution is 2.06. The van der Waals surface area contributed by atoms with Gasteiger partial charge in [0.1, 0.15) is 0 Å². The summed E-state index contributed by atoms with van der Waals surface area (Å²) in [6, 6.07) is 8.14. The van der Waals surface area contributed by atoms with Crippen molar-refractivity contribution in [3.63, 3.8) is 0 Å². The van der Waals surface area contributed by atoms with Gasteiger partial charge in [0.2, 0.25) is 15.9 Å². The maximum atomic E-state index is 12.0. The summed E-state index contributed by atoms with van der Waals surface area (Å²) in [5, 5.41) is 6.14. The lowest BCUT2D eigenvalue weighted by atomic mass is 10.3. The summed E-state index contributed by atoms with van der Waals surface area (Å²) < 4.78 is 26.4. The van der Waals surface area contributed by atoms with Crippen LogP contribution in [0.3, 0.4) is 0 Å². The highest BCUT2D eigenvalue weighted by atomic mass is 35.5. The number of carbonyl (C=O) groups is 1. The van der Waals surface area contributed by atoms with E-state index in [4.69, 9.17) is 0 Å². The number of amides is 1. The number of piperazine rings is 1. The quantitative estimate of drug-likeness (QED) is 0.523. The fraction of sp³-hybridized carbons (Fsp3) is 0.562. The molecule has 7 nitrogen and oxygen atoms in total. The summed E-state index contributed by atoms with van der Waals surface area (Å²) in [5.74, 6) is -0.133. The molecule has 142 valence electrons. The number of nitrogens with zero attached hydrogens (tertiary/aromatic N) is 1. The second-order valence-corrected chi connectivity index (χ2v) is 7.52. The van der Waals surface area contributed by atoms with Gasteiger partial charge in [-0.1, -0.05) is 18.2 Å². The maximum absolute atomic E-state index is 12.0. The van der Waals surface area contributed by atoms with Gasteiger partial charge >= 0.3 is 0 Å². The SMILES string of the molecule is Cl.O=C(CCNS(=O)(=O)c1ccccc1)NCCCN1CCNCC1. The van der Waals surface area contributed by atoms with Gasteiger partial charge < -0.3 is 15.5 Å². The van der Waals surface area contributed by atoms with Crippen LogP contribution in [-0.2, 0) is 14.8 Å². The van der Waals surface area contributed by atoms with Crippen molar-refractivity contribution in [2.45, 2.75) is 17.7 Å². The van der Waals surface area contributed by atoms with Crippen molar-refractivity contribution in [3.05, 3.63) is 30.3 Å². The minimum Gasteiger partial charge on any atom is -0.356 e. The highest BCUT2D eigenvalue weighted by Gasteiger charge is 2.13. The molecule has 1 aromatic carbocycles. The van der Waals surface area contributed by atoms with E-state index in [1.54, 1.807) is 18.2 Å². The van der Waals surface area contributed by atoms with E-state index in [2.05, 4.69) is 20.3 Å². The number of hydrogen-bond donors (Lipinski definition) is 3. The molecule has 1 aromatic rings. The Labute approximate surface area is 156 Å². The van der Waals surface area contributed by atoms with Crippen molar-refractivity contribution < 1.29 is 13.2 Å². The van der Waals surface area contributed by atoms with E-state index in [1.165, 1.54) is 12.1 Å². The van der Waals surface area contributed by atoms with Crippen LogP contribution in [0.15, 0.2) is 35.2 Å². The molecule has 25 heavy (non-hydrogen) atoms. The fourth-order valence-corrected chi connectivity index (χ4v) is 3.59. The first-order valence-corrected chi connectivity index (χ1v) is 9.81. The van der Waals surface area contributed by atoms with Gasteiger partial charge in [-0.2, -0.15) is 0 Å². The van der Waals surface area contributed by atoms with Crippen LogP contribution in [0.25, 0.3) is 0 Å². The maximum Gasteiger partial charge on any atom is 0.240 e. The first-order chi connectivity index (χ1) is 11.6. The Morgan fingerprint density at radius 1 is 1.12 bits per heavy atom. The van der Waals surface area contributed by atoms with Crippen LogP contribution < -0.4 is 15.4 Å². The van der Waals surface area contributed by atoms with Crippen molar-refractivity contribution in [3.8, 4) is 0 Å². The first-order valence-electron chi connectivity index (χ1n) is 8.32. The Bertz CT molecular complexity index is 607. The summed E-state index contributed by atoms with van der Waals surface area (Å²) in [5.41, 5.74) is 0. The third-order valence-electron chi connectivity index (χ3n) is 3.88. The molecule has 0 bridgehead atoms. The Kier molecular flexibility index (Phi) is 9.99. The third-order valence-corrected chi connectivity index (χ3v) is 5.36. The molecule has 1 aliphatic heterocycles. The van der Waals surface area contributed by atoms with Crippen molar-refractivity contribution in [2.24, 2.45) is 0 Å². The second-order valence-electron chi connectivity index (χ2n) is 5.76. The Morgan fingerprint density at radius 3 is 2.48 bits per heavy atom.